The minimum atomic E-state index is -0.561. The summed E-state index contributed by atoms with van der Waals surface area (Å²) in [5, 5.41) is 2.68. The van der Waals surface area contributed by atoms with Gasteiger partial charge in [0.1, 0.15) is 5.60 Å². The summed E-state index contributed by atoms with van der Waals surface area (Å²) in [5.41, 5.74) is 2.97. The molecule has 6 nitrogen and oxygen atoms in total. The lowest BCUT2D eigenvalue weighted by molar-refractivity contribution is 0.0635. The summed E-state index contributed by atoms with van der Waals surface area (Å²) < 4.78 is 5.25. The zero-order valence-corrected chi connectivity index (χ0v) is 18.3. The van der Waals surface area contributed by atoms with Gasteiger partial charge in [-0.3, -0.25) is 10.1 Å². The highest BCUT2D eigenvalue weighted by molar-refractivity contribution is 5.95. The quantitative estimate of drug-likeness (QED) is 0.762. The van der Waals surface area contributed by atoms with Crippen LogP contribution in [-0.2, 0) is 11.3 Å². The normalized spacial score (nSPS) is 13.8. The average Bonchev–Trinajstić information content (AvgIpc) is 3.21. The van der Waals surface area contributed by atoms with Gasteiger partial charge >= 0.3 is 6.09 Å². The Morgan fingerprint density at radius 1 is 1.03 bits per heavy atom. The molecule has 2 amide bonds. The molecule has 0 radical (unpaired) electrons. The molecule has 0 saturated carbocycles. The Morgan fingerprint density at radius 3 is 2.30 bits per heavy atom. The molecule has 1 N–H and O–H groups in total. The number of carbonyl (C=O) groups excluding carboxylic acids is 2. The van der Waals surface area contributed by atoms with Gasteiger partial charge in [-0.25, -0.2) is 4.79 Å². The molecule has 1 saturated heterocycles. The number of anilines is 2. The maximum atomic E-state index is 12.9. The van der Waals surface area contributed by atoms with Crippen molar-refractivity contribution in [3.63, 3.8) is 0 Å². The third-order valence-electron chi connectivity index (χ3n) is 4.97. The van der Waals surface area contributed by atoms with Gasteiger partial charge < -0.3 is 14.5 Å². The third-order valence-corrected chi connectivity index (χ3v) is 4.97. The number of nitrogens with zero attached hydrogens (tertiary/aromatic N) is 2. The first-order valence-electron chi connectivity index (χ1n) is 10.4. The van der Waals surface area contributed by atoms with Crippen LogP contribution in [0, 0.1) is 0 Å². The summed E-state index contributed by atoms with van der Waals surface area (Å²) in [5.74, 6) is -0.0601. The molecule has 1 aliphatic heterocycles. The lowest BCUT2D eigenvalue weighted by Gasteiger charge is -2.24. The van der Waals surface area contributed by atoms with Crippen molar-refractivity contribution in [3.05, 3.63) is 59.7 Å². The molecule has 160 valence electrons. The van der Waals surface area contributed by atoms with E-state index < -0.39 is 11.7 Å². The molecule has 0 aliphatic carbocycles. The lowest BCUT2D eigenvalue weighted by atomic mass is 10.1. The van der Waals surface area contributed by atoms with Crippen molar-refractivity contribution >= 4 is 23.4 Å². The fraction of sp³-hybridized carbons (Fsp3) is 0.417. The topological polar surface area (TPSA) is 61.9 Å². The minimum absolute atomic E-state index is 0.0601. The predicted octanol–water partition coefficient (Wildman–Crippen LogP) is 4.91. The van der Waals surface area contributed by atoms with Gasteiger partial charge in [0.2, 0.25) is 0 Å². The predicted molar refractivity (Wildman–Crippen MR) is 120 cm³/mol. The molecule has 0 bridgehead atoms. The van der Waals surface area contributed by atoms with Gasteiger partial charge in [0.25, 0.3) is 5.91 Å². The van der Waals surface area contributed by atoms with Crippen molar-refractivity contribution in [2.75, 3.05) is 30.4 Å². The van der Waals surface area contributed by atoms with E-state index in [2.05, 4.69) is 28.4 Å². The van der Waals surface area contributed by atoms with Crippen LogP contribution in [0.4, 0.5) is 16.2 Å². The zero-order valence-electron chi connectivity index (χ0n) is 18.3. The molecule has 0 aromatic heterocycles. The summed E-state index contributed by atoms with van der Waals surface area (Å²) >= 11 is 0. The summed E-state index contributed by atoms with van der Waals surface area (Å²) in [6.45, 7) is 8.12. The van der Waals surface area contributed by atoms with Crippen LogP contribution in [0.1, 0.15) is 49.5 Å². The molecule has 3 rings (SSSR count). The minimum Gasteiger partial charge on any atom is -0.444 e. The monoisotopic (exact) mass is 409 g/mol. The molecule has 1 aliphatic rings. The van der Waals surface area contributed by atoms with Crippen molar-refractivity contribution in [1.82, 2.24) is 4.90 Å². The molecule has 2 aromatic rings. The first kappa shape index (κ1) is 21.7. The van der Waals surface area contributed by atoms with Gasteiger partial charge in [-0.1, -0.05) is 18.2 Å². The van der Waals surface area contributed by atoms with Crippen LogP contribution < -0.4 is 10.2 Å². The second-order valence-electron chi connectivity index (χ2n) is 8.69. The number of benzene rings is 2. The van der Waals surface area contributed by atoms with Crippen LogP contribution in [0.25, 0.3) is 0 Å². The standard InChI is InChI=1S/C24H31N3O3/c1-24(2,3)30-23(29)25-20-13-11-18(12-14-20)22(28)26(4)17-19-9-5-6-10-21(19)27-15-7-8-16-27/h5-6,9-14H,7-8,15-17H2,1-4H3,(H,25,29). The lowest BCUT2D eigenvalue weighted by Crippen LogP contribution is -2.28. The maximum Gasteiger partial charge on any atom is 0.412 e. The van der Waals surface area contributed by atoms with E-state index in [0.29, 0.717) is 17.8 Å². The Balaban J connectivity index is 1.63. The van der Waals surface area contributed by atoms with E-state index in [1.54, 1.807) is 29.2 Å². The molecule has 1 heterocycles. The molecule has 0 spiro atoms. The molecular formula is C24H31N3O3. The van der Waals surface area contributed by atoms with Crippen molar-refractivity contribution in [2.24, 2.45) is 0 Å². The smallest absolute Gasteiger partial charge is 0.412 e. The van der Waals surface area contributed by atoms with E-state index in [0.717, 1.165) is 18.7 Å². The highest BCUT2D eigenvalue weighted by Gasteiger charge is 2.19. The first-order chi connectivity index (χ1) is 14.2. The van der Waals surface area contributed by atoms with Gasteiger partial charge in [-0.05, 0) is 69.5 Å². The van der Waals surface area contributed by atoms with Crippen LogP contribution in [0.5, 0.6) is 0 Å². The molecular weight excluding hydrogens is 378 g/mol. The summed E-state index contributed by atoms with van der Waals surface area (Å²) in [6.07, 6.45) is 1.91. The second kappa shape index (κ2) is 9.20. The number of amides is 2. The molecule has 2 aromatic carbocycles. The highest BCUT2D eigenvalue weighted by atomic mass is 16.6. The highest BCUT2D eigenvalue weighted by Crippen LogP contribution is 2.26. The number of rotatable bonds is 5. The van der Waals surface area contributed by atoms with E-state index in [9.17, 15) is 9.59 Å². The zero-order chi connectivity index (χ0) is 21.7. The van der Waals surface area contributed by atoms with Gasteiger partial charge in [0, 0.05) is 43.6 Å². The Morgan fingerprint density at radius 2 is 1.67 bits per heavy atom. The second-order valence-corrected chi connectivity index (χ2v) is 8.69. The van der Waals surface area contributed by atoms with E-state index in [-0.39, 0.29) is 5.91 Å². The maximum absolute atomic E-state index is 12.9. The van der Waals surface area contributed by atoms with Crippen molar-refractivity contribution < 1.29 is 14.3 Å². The SMILES string of the molecule is CN(Cc1ccccc1N1CCCC1)C(=O)c1ccc(NC(=O)OC(C)(C)C)cc1. The Labute approximate surface area is 178 Å². The number of para-hydroxylation sites is 1. The van der Waals surface area contributed by atoms with Gasteiger partial charge in [-0.15, -0.1) is 0 Å². The van der Waals surface area contributed by atoms with Crippen LogP contribution in [0.3, 0.4) is 0 Å². The van der Waals surface area contributed by atoms with Crippen LogP contribution in [0.15, 0.2) is 48.5 Å². The van der Waals surface area contributed by atoms with Crippen LogP contribution in [0.2, 0.25) is 0 Å². The third kappa shape index (κ3) is 5.75. The van der Waals surface area contributed by atoms with E-state index in [4.69, 9.17) is 4.74 Å². The van der Waals surface area contributed by atoms with Crippen LogP contribution in [-0.4, -0.2) is 42.6 Å². The van der Waals surface area contributed by atoms with Crippen molar-refractivity contribution in [1.29, 1.82) is 0 Å². The number of carbonyl (C=O) groups is 2. The number of nitrogens with one attached hydrogen (secondary N) is 1. The van der Waals surface area contributed by atoms with E-state index in [1.807, 2.05) is 33.9 Å². The molecule has 30 heavy (non-hydrogen) atoms. The fourth-order valence-electron chi connectivity index (χ4n) is 3.58. The summed E-state index contributed by atoms with van der Waals surface area (Å²) in [4.78, 5) is 28.9. The van der Waals surface area contributed by atoms with Crippen molar-refractivity contribution in [3.8, 4) is 0 Å². The summed E-state index contributed by atoms with van der Waals surface area (Å²) in [7, 11) is 1.82. The number of hydrogen-bond acceptors (Lipinski definition) is 4. The molecule has 6 heteroatoms. The Hall–Kier alpha value is -3.02. The van der Waals surface area contributed by atoms with Gasteiger partial charge in [0.05, 0.1) is 0 Å². The molecule has 0 unspecified atom stereocenters. The van der Waals surface area contributed by atoms with E-state index in [1.165, 1.54) is 18.5 Å². The van der Waals surface area contributed by atoms with Crippen molar-refractivity contribution in [2.45, 2.75) is 45.8 Å². The number of hydrogen-bond donors (Lipinski definition) is 1. The number of ether oxygens (including phenoxy) is 1. The first-order valence-corrected chi connectivity index (χ1v) is 10.4. The van der Waals surface area contributed by atoms with Gasteiger partial charge in [-0.2, -0.15) is 0 Å². The molecule has 1 fully saturated rings. The average molecular weight is 410 g/mol. The van der Waals surface area contributed by atoms with E-state index >= 15 is 0 Å². The Kier molecular flexibility index (Phi) is 6.65. The Bertz CT molecular complexity index is 881. The molecule has 0 atom stereocenters. The fourth-order valence-corrected chi connectivity index (χ4v) is 3.58. The largest absolute Gasteiger partial charge is 0.444 e. The summed E-state index contributed by atoms with van der Waals surface area (Å²) in [6, 6.07) is 15.2. The van der Waals surface area contributed by atoms with Gasteiger partial charge in [0.15, 0.2) is 0 Å². The van der Waals surface area contributed by atoms with Crippen LogP contribution >= 0.6 is 0 Å².